The van der Waals surface area contributed by atoms with Crippen molar-refractivity contribution in [1.82, 2.24) is 15.1 Å². The van der Waals surface area contributed by atoms with Gasteiger partial charge >= 0.3 is 6.09 Å². The van der Waals surface area contributed by atoms with Crippen molar-refractivity contribution in [2.45, 2.75) is 25.9 Å². The van der Waals surface area contributed by atoms with Gasteiger partial charge in [0.05, 0.1) is 7.11 Å². The molecule has 2 amide bonds. The van der Waals surface area contributed by atoms with Crippen molar-refractivity contribution in [3.63, 3.8) is 0 Å². The first kappa shape index (κ1) is 18.7. The van der Waals surface area contributed by atoms with E-state index in [0.29, 0.717) is 36.0 Å². The summed E-state index contributed by atoms with van der Waals surface area (Å²) in [5.74, 6) is 0.679. The molecule has 0 saturated heterocycles. The van der Waals surface area contributed by atoms with Crippen LogP contribution < -0.4 is 5.32 Å². The van der Waals surface area contributed by atoms with Crippen LogP contribution in [0.15, 0.2) is 52.9 Å². The van der Waals surface area contributed by atoms with Crippen LogP contribution in [0.4, 0.5) is 10.5 Å². The summed E-state index contributed by atoms with van der Waals surface area (Å²) in [7, 11) is 1.28. The number of nitrogens with one attached hydrogen (secondary N) is 1. The lowest BCUT2D eigenvalue weighted by Crippen LogP contribution is -2.39. The molecule has 8 nitrogen and oxygen atoms in total. The zero-order valence-corrected chi connectivity index (χ0v) is 16.1. The van der Waals surface area contributed by atoms with Crippen molar-refractivity contribution in [2.24, 2.45) is 0 Å². The number of anilines is 1. The summed E-state index contributed by atoms with van der Waals surface area (Å²) in [4.78, 5) is 26.6. The average molecular weight is 392 g/mol. The van der Waals surface area contributed by atoms with Gasteiger partial charge in [-0.05, 0) is 29.3 Å². The van der Waals surface area contributed by atoms with Gasteiger partial charge in [0.1, 0.15) is 6.04 Å². The topological polar surface area (TPSA) is 97.6 Å². The molecule has 1 atom stereocenters. The Bertz CT molecular complexity index is 1060. The minimum atomic E-state index is -0.597. The number of aryl methyl sites for hydroxylation is 1. The predicted octanol–water partition coefficient (Wildman–Crippen LogP) is 3.50. The molecular formula is C21H20N4O4. The molecule has 1 unspecified atom stereocenters. The molecule has 0 bridgehead atoms. The van der Waals surface area contributed by atoms with E-state index in [9.17, 15) is 9.59 Å². The van der Waals surface area contributed by atoms with E-state index < -0.39 is 6.09 Å². The number of benzene rings is 2. The van der Waals surface area contributed by atoms with Crippen LogP contribution >= 0.6 is 0 Å². The van der Waals surface area contributed by atoms with Crippen molar-refractivity contribution in [3.05, 3.63) is 77.0 Å². The van der Waals surface area contributed by atoms with Crippen LogP contribution in [0.3, 0.4) is 0 Å². The van der Waals surface area contributed by atoms with Gasteiger partial charge < -0.3 is 14.1 Å². The molecule has 8 heteroatoms. The highest BCUT2D eigenvalue weighted by molar-refractivity contribution is 5.96. The minimum Gasteiger partial charge on any atom is -0.453 e. The second-order valence-electron chi connectivity index (χ2n) is 6.78. The highest BCUT2D eigenvalue weighted by Gasteiger charge is 2.34. The van der Waals surface area contributed by atoms with Gasteiger partial charge in [-0.2, -0.15) is 0 Å². The first-order valence-corrected chi connectivity index (χ1v) is 9.18. The summed E-state index contributed by atoms with van der Waals surface area (Å²) in [6.07, 6.45) is -0.00961. The van der Waals surface area contributed by atoms with Crippen LogP contribution in [0.2, 0.25) is 0 Å². The maximum Gasteiger partial charge on any atom is 0.411 e. The molecule has 4 rings (SSSR count). The lowest BCUT2D eigenvalue weighted by Gasteiger charge is -2.35. The zero-order chi connectivity index (χ0) is 20.4. The maximum atomic E-state index is 13.4. The fourth-order valence-corrected chi connectivity index (χ4v) is 3.47. The smallest absolute Gasteiger partial charge is 0.411 e. The Hall–Kier alpha value is -3.68. The number of carbonyl (C=O) groups excluding carboxylic acids is 2. The van der Waals surface area contributed by atoms with Gasteiger partial charge in [-0.1, -0.05) is 30.3 Å². The molecule has 1 aliphatic rings. The lowest BCUT2D eigenvalue weighted by atomic mass is 9.93. The molecule has 0 saturated carbocycles. The summed E-state index contributed by atoms with van der Waals surface area (Å²) >= 11 is 0. The third-order valence-electron chi connectivity index (χ3n) is 4.88. The van der Waals surface area contributed by atoms with Crippen molar-refractivity contribution >= 4 is 17.7 Å². The van der Waals surface area contributed by atoms with E-state index in [-0.39, 0.29) is 11.9 Å². The third kappa shape index (κ3) is 3.82. The van der Waals surface area contributed by atoms with Gasteiger partial charge in [-0.15, -0.1) is 10.2 Å². The Morgan fingerprint density at radius 2 is 1.93 bits per heavy atom. The SMILES string of the molecule is COC(=O)Nc1cccc(C(=O)N2Cc3ccccc3CC2c2nnc(C)o2)c1. The van der Waals surface area contributed by atoms with Crippen molar-refractivity contribution in [2.75, 3.05) is 12.4 Å². The largest absolute Gasteiger partial charge is 0.453 e. The van der Waals surface area contributed by atoms with E-state index in [1.807, 2.05) is 24.3 Å². The van der Waals surface area contributed by atoms with Crippen LogP contribution in [-0.2, 0) is 17.7 Å². The van der Waals surface area contributed by atoms with Gasteiger partial charge in [0.25, 0.3) is 5.91 Å². The number of hydrogen-bond acceptors (Lipinski definition) is 6. The summed E-state index contributed by atoms with van der Waals surface area (Å²) in [6, 6.07) is 14.4. The number of carbonyl (C=O) groups is 2. The van der Waals surface area contributed by atoms with Crippen LogP contribution in [0.25, 0.3) is 0 Å². The van der Waals surface area contributed by atoms with Gasteiger partial charge in [0.2, 0.25) is 11.8 Å². The summed E-state index contributed by atoms with van der Waals surface area (Å²) in [5.41, 5.74) is 3.15. The number of nitrogens with zero attached hydrogens (tertiary/aromatic N) is 3. The molecule has 1 N–H and O–H groups in total. The Kier molecular flexibility index (Phi) is 4.99. The van der Waals surface area contributed by atoms with E-state index in [4.69, 9.17) is 4.42 Å². The summed E-state index contributed by atoms with van der Waals surface area (Å²) in [5, 5.41) is 10.7. The second-order valence-corrected chi connectivity index (χ2v) is 6.78. The van der Waals surface area contributed by atoms with E-state index in [0.717, 1.165) is 11.1 Å². The van der Waals surface area contributed by atoms with Crippen molar-refractivity contribution in [1.29, 1.82) is 0 Å². The van der Waals surface area contributed by atoms with Crippen LogP contribution in [0.1, 0.15) is 39.3 Å². The van der Waals surface area contributed by atoms with Gasteiger partial charge in [-0.3, -0.25) is 10.1 Å². The Morgan fingerprint density at radius 3 is 2.66 bits per heavy atom. The molecule has 0 radical (unpaired) electrons. The number of methoxy groups -OCH3 is 1. The highest BCUT2D eigenvalue weighted by atomic mass is 16.5. The molecule has 1 aliphatic heterocycles. The van der Waals surface area contributed by atoms with Crippen LogP contribution in [0.5, 0.6) is 0 Å². The number of hydrogen-bond donors (Lipinski definition) is 1. The first-order chi connectivity index (χ1) is 14.0. The van der Waals surface area contributed by atoms with Crippen molar-refractivity contribution < 1.29 is 18.7 Å². The number of rotatable bonds is 3. The Balaban J connectivity index is 1.68. The monoisotopic (exact) mass is 392 g/mol. The lowest BCUT2D eigenvalue weighted by molar-refractivity contribution is 0.0602. The van der Waals surface area contributed by atoms with Crippen LogP contribution in [0, 0.1) is 6.92 Å². The maximum absolute atomic E-state index is 13.4. The molecule has 148 valence electrons. The van der Waals surface area contributed by atoms with Gasteiger partial charge in [-0.25, -0.2) is 4.79 Å². The standard InChI is InChI=1S/C21H20N4O4/c1-13-23-24-19(29-13)18-11-14-6-3-4-7-16(14)12-25(18)20(26)15-8-5-9-17(10-15)22-21(27)28-2/h3-10,18H,11-12H2,1-2H3,(H,22,27). The number of amides is 2. The zero-order valence-electron chi connectivity index (χ0n) is 16.1. The van der Waals surface area contributed by atoms with E-state index in [2.05, 4.69) is 20.3 Å². The van der Waals surface area contributed by atoms with Crippen LogP contribution in [-0.4, -0.2) is 34.2 Å². The molecule has 29 heavy (non-hydrogen) atoms. The molecule has 3 aromatic rings. The quantitative estimate of drug-likeness (QED) is 0.733. The molecule has 0 fully saturated rings. The van der Waals surface area contributed by atoms with Gasteiger partial charge in [0.15, 0.2) is 0 Å². The second kappa shape index (κ2) is 7.75. The highest BCUT2D eigenvalue weighted by Crippen LogP contribution is 2.34. The van der Waals surface area contributed by atoms with E-state index in [1.165, 1.54) is 7.11 Å². The molecule has 2 aromatic carbocycles. The molecule has 1 aromatic heterocycles. The minimum absolute atomic E-state index is 0.186. The molecule has 2 heterocycles. The number of fused-ring (bicyclic) bond motifs is 1. The number of ether oxygens (including phenoxy) is 1. The third-order valence-corrected chi connectivity index (χ3v) is 4.88. The Morgan fingerprint density at radius 1 is 1.14 bits per heavy atom. The van der Waals surface area contributed by atoms with Gasteiger partial charge in [0, 0.05) is 31.1 Å². The first-order valence-electron chi connectivity index (χ1n) is 9.18. The average Bonchev–Trinajstić information content (AvgIpc) is 3.18. The fourth-order valence-electron chi connectivity index (χ4n) is 3.47. The molecular weight excluding hydrogens is 372 g/mol. The van der Waals surface area contributed by atoms with E-state index in [1.54, 1.807) is 36.1 Å². The van der Waals surface area contributed by atoms with E-state index >= 15 is 0 Å². The number of aromatic nitrogens is 2. The van der Waals surface area contributed by atoms with Crippen molar-refractivity contribution in [3.8, 4) is 0 Å². The Labute approximate surface area is 167 Å². The normalized spacial score (nSPS) is 15.5. The fraction of sp³-hybridized carbons (Fsp3) is 0.238. The predicted molar refractivity (Wildman–Crippen MR) is 104 cm³/mol. The molecule has 0 spiro atoms. The summed E-state index contributed by atoms with van der Waals surface area (Å²) in [6.45, 7) is 2.15. The molecule has 0 aliphatic carbocycles. The summed E-state index contributed by atoms with van der Waals surface area (Å²) < 4.78 is 10.3.